The fourth-order valence-electron chi connectivity index (χ4n) is 5.45. The number of halogens is 4. The third-order valence-electron chi connectivity index (χ3n) is 7.65. The van der Waals surface area contributed by atoms with Crippen LogP contribution in [0.2, 0.25) is 0 Å². The SMILES string of the molecule is C/C=C/C1CCC(c2ccc(-c3ccc(/C=C/C4=CCC(C5CO5)C(F)=C4F)cc3)c(F)c2F)CC1. The van der Waals surface area contributed by atoms with Gasteiger partial charge in [-0.3, -0.25) is 0 Å². The van der Waals surface area contributed by atoms with E-state index in [9.17, 15) is 8.78 Å². The van der Waals surface area contributed by atoms with Gasteiger partial charge in [0.05, 0.1) is 12.7 Å². The molecule has 0 spiro atoms. The predicted molar refractivity (Wildman–Crippen MR) is 136 cm³/mol. The molecule has 2 aromatic rings. The normalized spacial score (nSPS) is 26.6. The van der Waals surface area contributed by atoms with Crippen LogP contribution in [0.4, 0.5) is 17.6 Å². The summed E-state index contributed by atoms with van der Waals surface area (Å²) < 4.78 is 63.9. The summed E-state index contributed by atoms with van der Waals surface area (Å²) in [5.74, 6) is -3.13. The van der Waals surface area contributed by atoms with Crippen molar-refractivity contribution in [2.24, 2.45) is 11.8 Å². The quantitative estimate of drug-likeness (QED) is 0.222. The monoisotopic (exact) mass is 494 g/mol. The Labute approximate surface area is 209 Å². The Kier molecular flexibility index (Phi) is 7.29. The number of hydrogen-bond donors (Lipinski definition) is 0. The second kappa shape index (κ2) is 10.6. The highest BCUT2D eigenvalue weighted by Crippen LogP contribution is 2.40. The van der Waals surface area contributed by atoms with Gasteiger partial charge in [-0.25, -0.2) is 17.6 Å². The summed E-state index contributed by atoms with van der Waals surface area (Å²) in [6.45, 7) is 2.48. The summed E-state index contributed by atoms with van der Waals surface area (Å²) in [5, 5.41) is 0. The van der Waals surface area contributed by atoms with E-state index in [1.54, 1.807) is 48.6 Å². The van der Waals surface area contributed by atoms with Gasteiger partial charge < -0.3 is 4.74 Å². The van der Waals surface area contributed by atoms with Crippen molar-refractivity contribution >= 4 is 6.08 Å². The van der Waals surface area contributed by atoms with Crippen molar-refractivity contribution in [3.05, 3.63) is 101 Å². The number of hydrogen-bond acceptors (Lipinski definition) is 1. The molecule has 2 atom stereocenters. The molecule has 2 aromatic carbocycles. The van der Waals surface area contributed by atoms with Gasteiger partial charge in [-0.1, -0.05) is 66.8 Å². The number of epoxide rings is 1. The van der Waals surface area contributed by atoms with Gasteiger partial charge in [0.25, 0.3) is 0 Å². The highest BCUT2D eigenvalue weighted by atomic mass is 19.2. The van der Waals surface area contributed by atoms with E-state index in [1.165, 1.54) is 6.08 Å². The van der Waals surface area contributed by atoms with Crippen LogP contribution >= 0.6 is 0 Å². The molecule has 0 N–H and O–H groups in total. The van der Waals surface area contributed by atoms with Gasteiger partial charge in [-0.15, -0.1) is 0 Å². The fraction of sp³-hybridized carbons (Fsp3) is 0.355. The molecule has 1 saturated carbocycles. The maximum absolute atomic E-state index is 15.1. The Hall–Kier alpha value is -2.92. The average molecular weight is 495 g/mol. The Morgan fingerprint density at radius 2 is 1.58 bits per heavy atom. The Morgan fingerprint density at radius 3 is 2.25 bits per heavy atom. The van der Waals surface area contributed by atoms with Crippen molar-refractivity contribution in [2.75, 3.05) is 6.61 Å². The first-order valence-corrected chi connectivity index (χ1v) is 12.7. The third kappa shape index (κ3) is 5.12. The van der Waals surface area contributed by atoms with E-state index in [0.717, 1.165) is 31.2 Å². The van der Waals surface area contributed by atoms with Crippen LogP contribution in [-0.4, -0.2) is 12.7 Å². The zero-order valence-electron chi connectivity index (χ0n) is 20.3. The Bertz CT molecular complexity index is 1230. The van der Waals surface area contributed by atoms with E-state index in [-0.39, 0.29) is 23.2 Å². The van der Waals surface area contributed by atoms with E-state index in [0.29, 0.717) is 30.1 Å². The van der Waals surface area contributed by atoms with Crippen molar-refractivity contribution in [1.82, 2.24) is 0 Å². The smallest absolute Gasteiger partial charge is 0.166 e. The topological polar surface area (TPSA) is 12.5 Å². The third-order valence-corrected chi connectivity index (χ3v) is 7.65. The molecule has 36 heavy (non-hydrogen) atoms. The van der Waals surface area contributed by atoms with Crippen LogP contribution in [-0.2, 0) is 4.74 Å². The largest absolute Gasteiger partial charge is 0.372 e. The molecule has 0 amide bonds. The molecule has 1 saturated heterocycles. The standard InChI is InChI=1S/C31H30F4O/c1-2-3-19-4-9-21(10-5-19)24-16-17-25(30(34)29(24)33)22-11-6-20(7-12-22)8-13-23-14-15-26(27-18-36-27)31(35)28(23)32/h2-3,6-8,11-14,16-17,19,21,26-27H,4-5,9-10,15,18H2,1H3/b3-2+,13-8+. The lowest BCUT2D eigenvalue weighted by atomic mass is 9.78. The van der Waals surface area contributed by atoms with E-state index < -0.39 is 29.2 Å². The molecule has 5 heteroatoms. The van der Waals surface area contributed by atoms with Gasteiger partial charge in [-0.05, 0) is 67.6 Å². The summed E-state index contributed by atoms with van der Waals surface area (Å²) in [6, 6.07) is 10.3. The van der Waals surface area contributed by atoms with Gasteiger partial charge in [0, 0.05) is 17.1 Å². The molecular formula is C31H30F4O. The number of rotatable bonds is 6. The molecular weight excluding hydrogens is 464 g/mol. The van der Waals surface area contributed by atoms with E-state index in [4.69, 9.17) is 4.74 Å². The highest BCUT2D eigenvalue weighted by molar-refractivity contribution is 5.67. The molecule has 2 fully saturated rings. The molecule has 2 aliphatic carbocycles. The molecule has 0 radical (unpaired) electrons. The predicted octanol–water partition coefficient (Wildman–Crippen LogP) is 8.99. The molecule has 5 rings (SSSR count). The summed E-state index contributed by atoms with van der Waals surface area (Å²) in [6.07, 6.45) is 13.0. The van der Waals surface area contributed by atoms with Crippen LogP contribution in [0.25, 0.3) is 17.2 Å². The van der Waals surface area contributed by atoms with Gasteiger partial charge in [0.15, 0.2) is 17.5 Å². The first kappa shape index (κ1) is 24.8. The van der Waals surface area contributed by atoms with Gasteiger partial charge in [0.2, 0.25) is 0 Å². The van der Waals surface area contributed by atoms with Crippen LogP contribution in [0, 0.1) is 23.5 Å². The average Bonchev–Trinajstić information content (AvgIpc) is 3.73. The number of benzene rings is 2. The van der Waals surface area contributed by atoms with Gasteiger partial charge in [-0.2, -0.15) is 0 Å². The Morgan fingerprint density at radius 1 is 0.861 bits per heavy atom. The van der Waals surface area contributed by atoms with Crippen molar-refractivity contribution in [3.63, 3.8) is 0 Å². The molecule has 188 valence electrons. The zero-order valence-corrected chi connectivity index (χ0v) is 20.3. The fourth-order valence-corrected chi connectivity index (χ4v) is 5.45. The first-order valence-electron chi connectivity index (χ1n) is 12.7. The summed E-state index contributed by atoms with van der Waals surface area (Å²) in [5.41, 5.74) is 2.20. The number of ether oxygens (including phenoxy) is 1. The Balaban J connectivity index is 1.28. The second-order valence-electron chi connectivity index (χ2n) is 9.96. The molecule has 1 aliphatic heterocycles. The second-order valence-corrected chi connectivity index (χ2v) is 9.96. The maximum Gasteiger partial charge on any atom is 0.166 e. The van der Waals surface area contributed by atoms with Crippen molar-refractivity contribution < 1.29 is 22.3 Å². The molecule has 3 aliphatic rings. The van der Waals surface area contributed by atoms with Crippen molar-refractivity contribution in [2.45, 2.75) is 51.0 Å². The van der Waals surface area contributed by atoms with Crippen molar-refractivity contribution in [1.29, 1.82) is 0 Å². The lowest BCUT2D eigenvalue weighted by Gasteiger charge is -2.27. The van der Waals surface area contributed by atoms with E-state index in [2.05, 4.69) is 12.2 Å². The van der Waals surface area contributed by atoms with E-state index >= 15 is 8.78 Å². The molecule has 0 bridgehead atoms. The minimum absolute atomic E-state index is 0.0445. The number of allylic oxidation sites excluding steroid dienone is 6. The van der Waals surface area contributed by atoms with Crippen LogP contribution in [0.5, 0.6) is 0 Å². The van der Waals surface area contributed by atoms with Crippen LogP contribution in [0.3, 0.4) is 0 Å². The van der Waals surface area contributed by atoms with E-state index in [1.807, 2.05) is 6.92 Å². The molecule has 1 nitrogen and oxygen atoms in total. The summed E-state index contributed by atoms with van der Waals surface area (Å²) in [4.78, 5) is 0. The summed E-state index contributed by atoms with van der Waals surface area (Å²) >= 11 is 0. The minimum atomic E-state index is -0.845. The molecule has 1 heterocycles. The van der Waals surface area contributed by atoms with Crippen LogP contribution in [0.1, 0.15) is 56.1 Å². The molecule has 0 aromatic heterocycles. The van der Waals surface area contributed by atoms with Gasteiger partial charge >= 0.3 is 0 Å². The summed E-state index contributed by atoms with van der Waals surface area (Å²) in [7, 11) is 0. The highest BCUT2D eigenvalue weighted by Gasteiger charge is 2.38. The van der Waals surface area contributed by atoms with Crippen LogP contribution < -0.4 is 0 Å². The first-order chi connectivity index (χ1) is 17.5. The maximum atomic E-state index is 15.1. The lowest BCUT2D eigenvalue weighted by molar-refractivity contribution is 0.311. The zero-order chi connectivity index (χ0) is 25.2. The lowest BCUT2D eigenvalue weighted by Crippen LogP contribution is -2.13. The molecule has 2 unspecified atom stereocenters. The van der Waals surface area contributed by atoms with Gasteiger partial charge in [0.1, 0.15) is 5.83 Å². The minimum Gasteiger partial charge on any atom is -0.372 e. The van der Waals surface area contributed by atoms with Crippen molar-refractivity contribution in [3.8, 4) is 11.1 Å². The van der Waals surface area contributed by atoms with Crippen LogP contribution in [0.15, 0.2) is 77.9 Å².